The number of benzene rings is 1. The standard InChI is InChI=1S/C29H35N9O2/c1-5-7-26(34-36(19-39)20(3)4)38-27-24(28(40)37(38)15-6-2)18-31-29(33-27)32-22-8-9-25-21(17-22)12-16-35(25)23-10-13-30-14-11-23/h5-9,12,16-20,23,30H,2,10-11,13-15H2,1,3-4H3,(H,31,32,33)/b7-5-,34-26+. The Hall–Kier alpha value is -4.51. The molecule has 1 amide bonds. The Labute approximate surface area is 232 Å². The normalized spacial score (nSPS) is 14.9. The van der Waals surface area contributed by atoms with Crippen LogP contribution in [0.25, 0.3) is 21.9 Å². The highest BCUT2D eigenvalue weighted by Crippen LogP contribution is 2.28. The van der Waals surface area contributed by atoms with Gasteiger partial charge in [0, 0.05) is 41.1 Å². The number of nitrogens with one attached hydrogen (secondary N) is 2. The van der Waals surface area contributed by atoms with Gasteiger partial charge in [-0.25, -0.2) is 19.4 Å². The van der Waals surface area contributed by atoms with E-state index in [0.717, 1.165) is 37.0 Å². The Morgan fingerprint density at radius 3 is 2.80 bits per heavy atom. The number of hydrogen-bond acceptors (Lipinski definition) is 7. The van der Waals surface area contributed by atoms with Gasteiger partial charge in [-0.15, -0.1) is 6.58 Å². The van der Waals surface area contributed by atoms with Gasteiger partial charge in [-0.05, 0) is 77.0 Å². The molecule has 1 fully saturated rings. The zero-order valence-corrected chi connectivity index (χ0v) is 23.1. The van der Waals surface area contributed by atoms with E-state index in [1.165, 1.54) is 21.4 Å². The summed E-state index contributed by atoms with van der Waals surface area (Å²) in [5.74, 6) is 0.702. The van der Waals surface area contributed by atoms with Crippen molar-refractivity contribution in [3.8, 4) is 0 Å². The average molecular weight is 542 g/mol. The second-order valence-corrected chi connectivity index (χ2v) is 10.1. The molecule has 0 spiro atoms. The fourth-order valence-electron chi connectivity index (χ4n) is 5.06. The van der Waals surface area contributed by atoms with Gasteiger partial charge in [0.2, 0.25) is 12.4 Å². The van der Waals surface area contributed by atoms with Crippen LogP contribution in [0.3, 0.4) is 0 Å². The van der Waals surface area contributed by atoms with Gasteiger partial charge in [-0.3, -0.25) is 9.59 Å². The monoisotopic (exact) mass is 541 g/mol. The first kappa shape index (κ1) is 27.1. The molecule has 0 radical (unpaired) electrons. The minimum atomic E-state index is -0.276. The van der Waals surface area contributed by atoms with E-state index in [0.29, 0.717) is 35.3 Å². The van der Waals surface area contributed by atoms with Crippen LogP contribution in [0.2, 0.25) is 0 Å². The van der Waals surface area contributed by atoms with Crippen LogP contribution >= 0.6 is 0 Å². The van der Waals surface area contributed by atoms with Crippen molar-refractivity contribution in [3.63, 3.8) is 0 Å². The van der Waals surface area contributed by atoms with Crippen LogP contribution in [0.15, 0.2) is 71.4 Å². The fourth-order valence-corrected chi connectivity index (χ4v) is 5.06. The molecule has 11 heteroatoms. The molecule has 1 aromatic carbocycles. The molecule has 0 aliphatic carbocycles. The fraction of sp³-hybridized carbons (Fsp3) is 0.345. The van der Waals surface area contributed by atoms with Crippen molar-refractivity contribution in [3.05, 3.63) is 71.8 Å². The van der Waals surface area contributed by atoms with Crippen LogP contribution in [-0.2, 0) is 11.3 Å². The number of fused-ring (bicyclic) bond motifs is 2. The molecule has 208 valence electrons. The summed E-state index contributed by atoms with van der Waals surface area (Å²) in [6.45, 7) is 11.7. The zero-order valence-electron chi connectivity index (χ0n) is 23.1. The lowest BCUT2D eigenvalue weighted by molar-refractivity contribution is -0.119. The predicted molar refractivity (Wildman–Crippen MR) is 159 cm³/mol. The van der Waals surface area contributed by atoms with E-state index >= 15 is 0 Å². The van der Waals surface area contributed by atoms with Gasteiger partial charge in [0.15, 0.2) is 11.5 Å². The minimum absolute atomic E-state index is 0.175. The lowest BCUT2D eigenvalue weighted by atomic mass is 10.1. The molecule has 2 N–H and O–H groups in total. The summed E-state index contributed by atoms with van der Waals surface area (Å²) < 4.78 is 5.45. The van der Waals surface area contributed by atoms with Crippen LogP contribution < -0.4 is 16.2 Å². The van der Waals surface area contributed by atoms with Crippen molar-refractivity contribution in [2.75, 3.05) is 18.4 Å². The second-order valence-electron chi connectivity index (χ2n) is 10.1. The van der Waals surface area contributed by atoms with Crippen molar-refractivity contribution < 1.29 is 4.79 Å². The van der Waals surface area contributed by atoms with Crippen molar-refractivity contribution in [1.29, 1.82) is 0 Å². The summed E-state index contributed by atoms with van der Waals surface area (Å²) in [5, 5.41) is 14.0. The lowest BCUT2D eigenvalue weighted by Crippen LogP contribution is -2.31. The Bertz CT molecular complexity index is 1650. The number of rotatable bonds is 9. The van der Waals surface area contributed by atoms with Crippen LogP contribution in [0.1, 0.15) is 39.7 Å². The smallest absolute Gasteiger partial charge is 0.278 e. The van der Waals surface area contributed by atoms with E-state index in [9.17, 15) is 9.59 Å². The molecule has 0 unspecified atom stereocenters. The third kappa shape index (κ3) is 5.20. The van der Waals surface area contributed by atoms with Gasteiger partial charge in [0.1, 0.15) is 5.39 Å². The van der Waals surface area contributed by atoms with Crippen molar-refractivity contribution in [2.45, 2.75) is 52.2 Å². The summed E-state index contributed by atoms with van der Waals surface area (Å²) in [6.07, 6.45) is 11.7. The summed E-state index contributed by atoms with van der Waals surface area (Å²) in [6, 6.07) is 8.66. The quantitative estimate of drug-likeness (QED) is 0.109. The molecule has 0 saturated carbocycles. The predicted octanol–water partition coefficient (Wildman–Crippen LogP) is 4.01. The van der Waals surface area contributed by atoms with Crippen LogP contribution in [0.4, 0.5) is 11.6 Å². The van der Waals surface area contributed by atoms with Crippen LogP contribution in [-0.4, -0.2) is 60.3 Å². The molecule has 4 aromatic rings. The molecule has 5 rings (SSSR count). The van der Waals surface area contributed by atoms with Crippen molar-refractivity contribution >= 4 is 45.8 Å². The maximum atomic E-state index is 13.3. The number of hydrogen-bond donors (Lipinski definition) is 2. The first-order valence-electron chi connectivity index (χ1n) is 13.6. The van der Waals surface area contributed by atoms with Gasteiger partial charge >= 0.3 is 0 Å². The first-order chi connectivity index (χ1) is 19.4. The lowest BCUT2D eigenvalue weighted by Gasteiger charge is -2.25. The summed E-state index contributed by atoms with van der Waals surface area (Å²) in [4.78, 5) is 34.2. The summed E-state index contributed by atoms with van der Waals surface area (Å²) in [7, 11) is 0. The molecule has 1 aliphatic heterocycles. The molecule has 1 saturated heterocycles. The average Bonchev–Trinajstić information content (AvgIpc) is 3.50. The number of piperidine rings is 1. The molecule has 4 heterocycles. The Balaban J connectivity index is 1.55. The number of amides is 1. The van der Waals surface area contributed by atoms with Gasteiger partial charge in [-0.2, -0.15) is 10.1 Å². The molecule has 1 aliphatic rings. The van der Waals surface area contributed by atoms with Crippen molar-refractivity contribution in [1.82, 2.24) is 34.2 Å². The Morgan fingerprint density at radius 1 is 1.30 bits per heavy atom. The van der Waals surface area contributed by atoms with Crippen LogP contribution in [0.5, 0.6) is 0 Å². The number of carbonyl (C=O) groups is 1. The maximum absolute atomic E-state index is 13.3. The number of aromatic nitrogens is 5. The van der Waals surface area contributed by atoms with Gasteiger partial charge in [0.05, 0.1) is 6.54 Å². The highest BCUT2D eigenvalue weighted by molar-refractivity contribution is 5.99. The number of carbonyl (C=O) groups excluding carboxylic acids is 1. The molecular weight excluding hydrogens is 506 g/mol. The molecule has 40 heavy (non-hydrogen) atoms. The van der Waals surface area contributed by atoms with E-state index in [4.69, 9.17) is 4.98 Å². The van der Waals surface area contributed by atoms with E-state index in [1.54, 1.807) is 22.9 Å². The van der Waals surface area contributed by atoms with E-state index < -0.39 is 0 Å². The van der Waals surface area contributed by atoms with Gasteiger partial charge in [-0.1, -0.05) is 12.2 Å². The second kappa shape index (κ2) is 11.7. The van der Waals surface area contributed by atoms with Gasteiger partial charge in [0.25, 0.3) is 5.56 Å². The van der Waals surface area contributed by atoms with E-state index in [2.05, 4.69) is 56.3 Å². The maximum Gasteiger partial charge on any atom is 0.278 e. The molecular formula is C29H35N9O2. The third-order valence-corrected chi connectivity index (χ3v) is 7.04. The molecule has 0 bridgehead atoms. The zero-order chi connectivity index (χ0) is 28.2. The van der Waals surface area contributed by atoms with Crippen LogP contribution in [0, 0.1) is 0 Å². The van der Waals surface area contributed by atoms with E-state index in [1.807, 2.05) is 26.8 Å². The highest BCUT2D eigenvalue weighted by atomic mass is 16.1. The van der Waals surface area contributed by atoms with E-state index in [-0.39, 0.29) is 18.1 Å². The summed E-state index contributed by atoms with van der Waals surface area (Å²) >= 11 is 0. The number of nitrogens with zero attached hydrogens (tertiary/aromatic N) is 7. The minimum Gasteiger partial charge on any atom is -0.344 e. The highest BCUT2D eigenvalue weighted by Gasteiger charge is 2.20. The third-order valence-electron chi connectivity index (χ3n) is 7.04. The largest absolute Gasteiger partial charge is 0.344 e. The Morgan fingerprint density at radius 2 is 2.10 bits per heavy atom. The SMILES string of the molecule is C=CCn1c(=O)c2cnc(Nc3ccc4c(ccn4C4CCNCC4)c3)nc2n1C(/C=C\C)=N/N(C=O)C(C)C. The summed E-state index contributed by atoms with van der Waals surface area (Å²) in [5.41, 5.74) is 2.13. The molecule has 11 nitrogen and oxygen atoms in total. The first-order valence-corrected chi connectivity index (χ1v) is 13.6. The number of allylic oxidation sites excluding steroid dienone is 3. The number of hydrazone groups is 1. The van der Waals surface area contributed by atoms with Gasteiger partial charge < -0.3 is 15.2 Å². The van der Waals surface area contributed by atoms with Crippen molar-refractivity contribution in [2.24, 2.45) is 5.10 Å². The Kier molecular flexibility index (Phi) is 7.92. The molecule has 0 atom stereocenters. The number of anilines is 2. The topological polar surface area (TPSA) is 114 Å². The molecule has 3 aromatic heterocycles.